The number of hydrogen-bond acceptors (Lipinski definition) is 4. The molecule has 0 radical (unpaired) electrons. The number of hydrogen-bond donors (Lipinski definition) is 1. The molecule has 4 aromatic rings. The van der Waals surface area contributed by atoms with Gasteiger partial charge in [-0.15, -0.1) is 0 Å². The van der Waals surface area contributed by atoms with Gasteiger partial charge in [0.25, 0.3) is 5.91 Å². The van der Waals surface area contributed by atoms with Gasteiger partial charge in [0.05, 0.1) is 23.0 Å². The number of carbonyl (C=O) groups excluding carboxylic acids is 1. The van der Waals surface area contributed by atoms with Gasteiger partial charge in [-0.05, 0) is 29.7 Å². The van der Waals surface area contributed by atoms with E-state index in [1.165, 1.54) is 5.56 Å². The topological polar surface area (TPSA) is 67.2 Å². The van der Waals surface area contributed by atoms with E-state index in [2.05, 4.69) is 53.6 Å². The lowest BCUT2D eigenvalue weighted by molar-refractivity contribution is 0.0956. The third-order valence-electron chi connectivity index (χ3n) is 4.90. The minimum atomic E-state index is -0.284. The van der Waals surface area contributed by atoms with Crippen molar-refractivity contribution in [2.24, 2.45) is 5.10 Å². The van der Waals surface area contributed by atoms with Crippen LogP contribution in [0.5, 0.6) is 0 Å². The average molecular weight is 394 g/mol. The molecule has 1 amide bonds. The average Bonchev–Trinajstić information content (AvgIpc) is 2.79. The van der Waals surface area contributed by atoms with Crippen LogP contribution in [0.3, 0.4) is 0 Å². The summed E-state index contributed by atoms with van der Waals surface area (Å²) in [5.74, 6) is 0.177. The van der Waals surface area contributed by atoms with Crippen molar-refractivity contribution in [1.82, 2.24) is 15.4 Å². The van der Waals surface area contributed by atoms with Crippen molar-refractivity contribution in [1.29, 1.82) is 0 Å². The lowest BCUT2D eigenvalue weighted by Gasteiger charge is -2.10. The third kappa shape index (κ3) is 4.25. The van der Waals surface area contributed by atoms with E-state index in [1.807, 2.05) is 42.5 Å². The van der Waals surface area contributed by atoms with Gasteiger partial charge in [-0.25, -0.2) is 10.4 Å². The highest BCUT2D eigenvalue weighted by Crippen LogP contribution is 2.26. The zero-order chi connectivity index (χ0) is 20.9. The summed E-state index contributed by atoms with van der Waals surface area (Å²) in [5, 5.41) is 4.86. The predicted molar refractivity (Wildman–Crippen MR) is 121 cm³/mol. The maximum Gasteiger partial charge on any atom is 0.272 e. The molecular formula is C25H22N4O. The van der Waals surface area contributed by atoms with E-state index in [1.54, 1.807) is 18.6 Å². The number of aromatic nitrogens is 2. The standard InChI is InChI=1S/C25H22N4O/c1-17(2)19-9-11-20(12-10-19)24-14-22(21-7-3-4-8-23(21)28-24)25(30)29-27-16-18-6-5-13-26-15-18/h3-17H,1-2H3,(H,29,30)/b27-16-. The molecule has 0 aliphatic carbocycles. The first kappa shape index (κ1) is 19.5. The van der Waals surface area contributed by atoms with Crippen molar-refractivity contribution in [2.45, 2.75) is 19.8 Å². The maximum absolute atomic E-state index is 12.9. The second-order valence-corrected chi connectivity index (χ2v) is 7.33. The maximum atomic E-state index is 12.9. The minimum Gasteiger partial charge on any atom is -0.267 e. The zero-order valence-corrected chi connectivity index (χ0v) is 16.9. The second-order valence-electron chi connectivity index (χ2n) is 7.33. The van der Waals surface area contributed by atoms with Gasteiger partial charge in [-0.3, -0.25) is 9.78 Å². The van der Waals surface area contributed by atoms with Crippen LogP contribution < -0.4 is 5.43 Å². The van der Waals surface area contributed by atoms with Gasteiger partial charge in [-0.1, -0.05) is 62.4 Å². The number of nitrogens with one attached hydrogen (secondary N) is 1. The van der Waals surface area contributed by atoms with Crippen LogP contribution in [0.2, 0.25) is 0 Å². The summed E-state index contributed by atoms with van der Waals surface area (Å²) >= 11 is 0. The molecule has 0 saturated carbocycles. The molecule has 4 rings (SSSR count). The molecule has 0 spiro atoms. The lowest BCUT2D eigenvalue weighted by atomic mass is 9.99. The molecule has 30 heavy (non-hydrogen) atoms. The molecule has 1 N–H and O–H groups in total. The first-order chi connectivity index (χ1) is 14.6. The van der Waals surface area contributed by atoms with Crippen LogP contribution >= 0.6 is 0 Å². The summed E-state index contributed by atoms with van der Waals surface area (Å²) in [5.41, 5.74) is 7.72. The summed E-state index contributed by atoms with van der Waals surface area (Å²) in [7, 11) is 0. The predicted octanol–water partition coefficient (Wildman–Crippen LogP) is 5.18. The number of nitrogens with zero attached hydrogens (tertiary/aromatic N) is 3. The fourth-order valence-electron chi connectivity index (χ4n) is 3.23. The first-order valence-corrected chi connectivity index (χ1v) is 9.85. The molecule has 5 nitrogen and oxygen atoms in total. The van der Waals surface area contributed by atoms with E-state index in [-0.39, 0.29) is 5.91 Å². The normalized spacial score (nSPS) is 11.3. The summed E-state index contributed by atoms with van der Waals surface area (Å²) < 4.78 is 0. The van der Waals surface area contributed by atoms with Gasteiger partial charge in [-0.2, -0.15) is 5.10 Å². The fourth-order valence-corrected chi connectivity index (χ4v) is 3.23. The van der Waals surface area contributed by atoms with Crippen LogP contribution in [0.25, 0.3) is 22.2 Å². The molecule has 2 aromatic heterocycles. The SMILES string of the molecule is CC(C)c1ccc(-c2cc(C(=O)N/N=C\c3cccnc3)c3ccccc3n2)cc1. The Labute approximate surface area is 175 Å². The van der Waals surface area contributed by atoms with Gasteiger partial charge in [0.2, 0.25) is 0 Å². The molecule has 0 atom stereocenters. The van der Waals surface area contributed by atoms with E-state index < -0.39 is 0 Å². The van der Waals surface area contributed by atoms with Crippen LogP contribution in [0.15, 0.2) is 84.2 Å². The van der Waals surface area contributed by atoms with Crippen molar-refractivity contribution in [3.05, 3.63) is 95.8 Å². The molecule has 0 aliphatic heterocycles. The Balaban J connectivity index is 1.68. The Morgan fingerprint density at radius 2 is 1.83 bits per heavy atom. The number of amides is 1. The highest BCUT2D eigenvalue weighted by Gasteiger charge is 2.13. The van der Waals surface area contributed by atoms with E-state index >= 15 is 0 Å². The van der Waals surface area contributed by atoms with Gasteiger partial charge in [0.15, 0.2) is 0 Å². The highest BCUT2D eigenvalue weighted by atomic mass is 16.2. The summed E-state index contributed by atoms with van der Waals surface area (Å²) in [4.78, 5) is 21.7. The number of fused-ring (bicyclic) bond motifs is 1. The summed E-state index contributed by atoms with van der Waals surface area (Å²) in [6.07, 6.45) is 4.94. The monoisotopic (exact) mass is 394 g/mol. The Morgan fingerprint density at radius 3 is 2.57 bits per heavy atom. The quantitative estimate of drug-likeness (QED) is 0.374. The van der Waals surface area contributed by atoms with Crippen LogP contribution in [0.4, 0.5) is 0 Å². The Kier molecular flexibility index (Phi) is 5.61. The highest BCUT2D eigenvalue weighted by molar-refractivity contribution is 6.07. The molecule has 0 bridgehead atoms. The Bertz CT molecular complexity index is 1200. The second kappa shape index (κ2) is 8.66. The molecule has 2 aromatic carbocycles. The van der Waals surface area contributed by atoms with Gasteiger partial charge in [0, 0.05) is 28.9 Å². The van der Waals surface area contributed by atoms with Gasteiger partial charge in [0.1, 0.15) is 0 Å². The first-order valence-electron chi connectivity index (χ1n) is 9.85. The summed E-state index contributed by atoms with van der Waals surface area (Å²) in [6.45, 7) is 4.33. The smallest absolute Gasteiger partial charge is 0.267 e. The van der Waals surface area contributed by atoms with E-state index in [0.717, 1.165) is 27.7 Å². The minimum absolute atomic E-state index is 0.284. The van der Waals surface area contributed by atoms with Gasteiger partial charge < -0.3 is 0 Å². The van der Waals surface area contributed by atoms with Crippen LogP contribution in [0, 0.1) is 0 Å². The summed E-state index contributed by atoms with van der Waals surface area (Å²) in [6, 6.07) is 21.4. The van der Waals surface area contributed by atoms with E-state index in [4.69, 9.17) is 4.98 Å². The van der Waals surface area contributed by atoms with Crippen molar-refractivity contribution < 1.29 is 4.79 Å². The molecule has 0 fully saturated rings. The Morgan fingerprint density at radius 1 is 1.03 bits per heavy atom. The molecular weight excluding hydrogens is 372 g/mol. The third-order valence-corrected chi connectivity index (χ3v) is 4.90. The molecule has 2 heterocycles. The lowest BCUT2D eigenvalue weighted by Crippen LogP contribution is -2.18. The Hall–Kier alpha value is -3.86. The molecule has 148 valence electrons. The van der Waals surface area contributed by atoms with Crippen LogP contribution in [-0.4, -0.2) is 22.1 Å². The van der Waals surface area contributed by atoms with Crippen molar-refractivity contribution in [3.63, 3.8) is 0 Å². The number of carbonyl (C=O) groups is 1. The van der Waals surface area contributed by atoms with Crippen molar-refractivity contribution >= 4 is 23.0 Å². The molecule has 0 saturated heterocycles. The van der Waals surface area contributed by atoms with E-state index in [9.17, 15) is 4.79 Å². The molecule has 0 aliphatic rings. The number of rotatable bonds is 5. The van der Waals surface area contributed by atoms with Crippen LogP contribution in [-0.2, 0) is 0 Å². The number of benzene rings is 2. The molecule has 5 heteroatoms. The number of hydrazone groups is 1. The van der Waals surface area contributed by atoms with Crippen molar-refractivity contribution in [2.75, 3.05) is 0 Å². The fraction of sp³-hybridized carbons (Fsp3) is 0.120. The van der Waals surface area contributed by atoms with Gasteiger partial charge >= 0.3 is 0 Å². The molecule has 0 unspecified atom stereocenters. The zero-order valence-electron chi connectivity index (χ0n) is 16.9. The van der Waals surface area contributed by atoms with Crippen LogP contribution in [0.1, 0.15) is 41.3 Å². The van der Waals surface area contributed by atoms with Crippen molar-refractivity contribution in [3.8, 4) is 11.3 Å². The number of para-hydroxylation sites is 1. The van der Waals surface area contributed by atoms with E-state index in [0.29, 0.717) is 11.5 Å². The number of pyridine rings is 2. The largest absolute Gasteiger partial charge is 0.272 e.